The molecule has 1 aliphatic rings. The third kappa shape index (κ3) is 3.26. The van der Waals surface area contributed by atoms with E-state index in [0.29, 0.717) is 0 Å². The molecule has 3 aromatic rings. The summed E-state index contributed by atoms with van der Waals surface area (Å²) < 4.78 is 2.64. The predicted molar refractivity (Wildman–Crippen MR) is 107 cm³/mol. The molecule has 1 aliphatic heterocycles. The number of aromatic hydroxyl groups is 1. The Balaban J connectivity index is 1.78. The minimum atomic E-state index is 0.00961. The summed E-state index contributed by atoms with van der Waals surface area (Å²) in [6, 6.07) is 8.37. The Morgan fingerprint density at radius 3 is 2.50 bits per heavy atom. The molecule has 6 nitrogen and oxygen atoms in total. The number of benzene rings is 1. The number of aromatic nitrogens is 3. The Bertz CT molecular complexity index is 898. The van der Waals surface area contributed by atoms with E-state index < -0.39 is 0 Å². The number of halogens is 1. The van der Waals surface area contributed by atoms with Gasteiger partial charge in [-0.1, -0.05) is 46.3 Å². The van der Waals surface area contributed by atoms with Crippen LogP contribution in [0.5, 0.6) is 5.88 Å². The van der Waals surface area contributed by atoms with E-state index >= 15 is 0 Å². The fourth-order valence-electron chi connectivity index (χ4n) is 3.37. The van der Waals surface area contributed by atoms with E-state index in [0.717, 1.165) is 52.7 Å². The smallest absolute Gasteiger partial charge is 0.230 e. The zero-order valence-corrected chi connectivity index (χ0v) is 17.3. The van der Waals surface area contributed by atoms with Gasteiger partial charge in [-0.2, -0.15) is 4.52 Å². The molecule has 8 heteroatoms. The Morgan fingerprint density at radius 1 is 1.19 bits per heavy atom. The zero-order chi connectivity index (χ0) is 18.3. The van der Waals surface area contributed by atoms with Gasteiger partial charge in [0.2, 0.25) is 10.8 Å². The number of nitrogens with zero attached hydrogens (tertiary/aromatic N) is 5. The quantitative estimate of drug-likeness (QED) is 0.681. The van der Waals surface area contributed by atoms with Crippen LogP contribution in [0.1, 0.15) is 29.2 Å². The molecule has 0 bridgehead atoms. The van der Waals surface area contributed by atoms with Crippen molar-refractivity contribution in [3.05, 3.63) is 45.0 Å². The molecular weight excluding hydrogens is 414 g/mol. The molecule has 26 heavy (non-hydrogen) atoms. The van der Waals surface area contributed by atoms with Crippen molar-refractivity contribution in [3.8, 4) is 5.88 Å². The Labute approximate surface area is 165 Å². The summed E-state index contributed by atoms with van der Waals surface area (Å²) in [5.74, 6) is 0.974. The molecule has 0 saturated carbocycles. The number of hydrogen-bond donors (Lipinski definition) is 1. The lowest BCUT2D eigenvalue weighted by Crippen LogP contribution is -2.46. The molecule has 2 aromatic heterocycles. The SMILES string of the molecule is CCc1nc2sc([C@@H](c3ccc(Br)cc3)N3CCN(C)CC3)c(O)n2n1. The van der Waals surface area contributed by atoms with Crippen molar-refractivity contribution < 1.29 is 5.11 Å². The highest BCUT2D eigenvalue weighted by Crippen LogP contribution is 2.40. The van der Waals surface area contributed by atoms with Gasteiger partial charge in [0.25, 0.3) is 0 Å². The van der Waals surface area contributed by atoms with Crippen molar-refractivity contribution >= 4 is 32.2 Å². The monoisotopic (exact) mass is 435 g/mol. The lowest BCUT2D eigenvalue weighted by atomic mass is 10.0. The van der Waals surface area contributed by atoms with Crippen molar-refractivity contribution in [2.45, 2.75) is 19.4 Å². The maximum Gasteiger partial charge on any atom is 0.230 e. The van der Waals surface area contributed by atoms with Crippen LogP contribution in [0.25, 0.3) is 4.96 Å². The summed E-state index contributed by atoms with van der Waals surface area (Å²) in [6.45, 7) is 5.99. The molecule has 1 saturated heterocycles. The van der Waals surface area contributed by atoms with Crippen molar-refractivity contribution in [1.82, 2.24) is 24.4 Å². The van der Waals surface area contributed by atoms with Crippen LogP contribution < -0.4 is 0 Å². The summed E-state index contributed by atoms with van der Waals surface area (Å²) >= 11 is 5.05. The lowest BCUT2D eigenvalue weighted by molar-refractivity contribution is 0.127. The van der Waals surface area contributed by atoms with Crippen molar-refractivity contribution in [2.24, 2.45) is 0 Å². The van der Waals surface area contributed by atoms with E-state index in [1.54, 1.807) is 4.52 Å². The van der Waals surface area contributed by atoms with Gasteiger partial charge in [-0.15, -0.1) is 5.10 Å². The fraction of sp³-hybridized carbons (Fsp3) is 0.444. The van der Waals surface area contributed by atoms with Crippen molar-refractivity contribution in [1.29, 1.82) is 0 Å². The first-order chi connectivity index (χ1) is 12.6. The Hall–Kier alpha value is -1.48. The number of rotatable bonds is 4. The van der Waals surface area contributed by atoms with Crippen LogP contribution in [-0.4, -0.2) is 62.7 Å². The minimum Gasteiger partial charge on any atom is -0.492 e. The largest absolute Gasteiger partial charge is 0.492 e. The van der Waals surface area contributed by atoms with Gasteiger partial charge in [-0.25, -0.2) is 4.98 Å². The highest BCUT2D eigenvalue weighted by atomic mass is 79.9. The first-order valence-electron chi connectivity index (χ1n) is 8.82. The number of aryl methyl sites for hydroxylation is 1. The van der Waals surface area contributed by atoms with Gasteiger partial charge in [-0.05, 0) is 24.7 Å². The molecule has 1 fully saturated rings. The van der Waals surface area contributed by atoms with Crippen molar-refractivity contribution in [3.63, 3.8) is 0 Å². The number of likely N-dealkylation sites (N-methyl/N-ethyl adjacent to an activating group) is 1. The Morgan fingerprint density at radius 2 is 1.88 bits per heavy atom. The van der Waals surface area contributed by atoms with Crippen LogP contribution in [0.3, 0.4) is 0 Å². The van der Waals surface area contributed by atoms with E-state index in [1.165, 1.54) is 16.9 Å². The fourth-order valence-corrected chi connectivity index (χ4v) is 4.77. The molecule has 4 rings (SSSR count). The third-order valence-corrected chi connectivity index (χ3v) is 6.50. The average Bonchev–Trinajstić information content (AvgIpc) is 3.18. The maximum absolute atomic E-state index is 10.9. The molecule has 0 unspecified atom stereocenters. The summed E-state index contributed by atoms with van der Waals surface area (Å²) in [4.78, 5) is 11.0. The van der Waals surface area contributed by atoms with Crippen LogP contribution in [-0.2, 0) is 6.42 Å². The molecule has 0 aliphatic carbocycles. The predicted octanol–water partition coefficient (Wildman–Crippen LogP) is 3.16. The number of hydrogen-bond acceptors (Lipinski definition) is 6. The summed E-state index contributed by atoms with van der Waals surface area (Å²) in [5, 5.41) is 15.3. The van der Waals surface area contributed by atoms with Crippen molar-refractivity contribution in [2.75, 3.05) is 33.2 Å². The highest BCUT2D eigenvalue weighted by Gasteiger charge is 2.31. The number of piperazine rings is 1. The van der Waals surface area contributed by atoms with E-state index in [1.807, 2.05) is 6.92 Å². The average molecular weight is 436 g/mol. The number of fused-ring (bicyclic) bond motifs is 1. The zero-order valence-electron chi connectivity index (χ0n) is 14.9. The lowest BCUT2D eigenvalue weighted by Gasteiger charge is -2.37. The van der Waals surface area contributed by atoms with Crippen LogP contribution in [0.2, 0.25) is 0 Å². The molecule has 138 valence electrons. The van der Waals surface area contributed by atoms with Crippen LogP contribution in [0, 0.1) is 0 Å². The summed E-state index contributed by atoms with van der Waals surface area (Å²) in [5.41, 5.74) is 1.17. The van der Waals surface area contributed by atoms with Gasteiger partial charge in [0.15, 0.2) is 5.82 Å². The van der Waals surface area contributed by atoms with Gasteiger partial charge in [0.1, 0.15) is 0 Å². The first kappa shape index (κ1) is 17.9. The second kappa shape index (κ2) is 7.26. The van der Waals surface area contributed by atoms with Crippen LogP contribution in [0.4, 0.5) is 0 Å². The second-order valence-corrected chi connectivity index (χ2v) is 8.58. The molecule has 0 spiro atoms. The normalized spacial score (nSPS) is 17.8. The van der Waals surface area contributed by atoms with E-state index in [2.05, 4.69) is 67.1 Å². The van der Waals surface area contributed by atoms with Gasteiger partial charge < -0.3 is 10.0 Å². The number of thiazole rings is 1. The molecule has 0 amide bonds. The van der Waals surface area contributed by atoms with Gasteiger partial charge in [0.05, 0.1) is 10.9 Å². The molecule has 1 N–H and O–H groups in total. The first-order valence-corrected chi connectivity index (χ1v) is 10.4. The van der Waals surface area contributed by atoms with E-state index in [4.69, 9.17) is 0 Å². The van der Waals surface area contributed by atoms with Gasteiger partial charge in [0, 0.05) is 37.1 Å². The molecular formula is C18H22BrN5OS. The molecule has 3 heterocycles. The summed E-state index contributed by atoms with van der Waals surface area (Å²) in [7, 11) is 2.15. The maximum atomic E-state index is 10.9. The topological polar surface area (TPSA) is 56.9 Å². The van der Waals surface area contributed by atoms with Gasteiger partial charge >= 0.3 is 0 Å². The summed E-state index contributed by atoms with van der Waals surface area (Å²) in [6.07, 6.45) is 0.762. The van der Waals surface area contributed by atoms with E-state index in [9.17, 15) is 5.11 Å². The minimum absolute atomic E-state index is 0.00961. The highest BCUT2D eigenvalue weighted by molar-refractivity contribution is 9.10. The molecule has 0 radical (unpaired) electrons. The molecule has 1 aromatic carbocycles. The van der Waals surface area contributed by atoms with Crippen LogP contribution >= 0.6 is 27.3 Å². The third-order valence-electron chi connectivity index (χ3n) is 4.90. The molecule has 1 atom stereocenters. The standard InChI is InChI=1S/C18H22BrN5OS/c1-3-14-20-18-24(21-14)17(25)16(26-18)15(12-4-6-13(19)7-5-12)23-10-8-22(2)9-11-23/h4-7,15,25H,3,8-11H2,1-2H3/t15-/m1/s1. The van der Waals surface area contributed by atoms with Crippen LogP contribution in [0.15, 0.2) is 28.7 Å². The second-order valence-electron chi connectivity index (χ2n) is 6.66. The van der Waals surface area contributed by atoms with Gasteiger partial charge in [-0.3, -0.25) is 4.90 Å². The Kier molecular flexibility index (Phi) is 5.00. The van der Waals surface area contributed by atoms with E-state index in [-0.39, 0.29) is 11.9 Å².